The highest BCUT2D eigenvalue weighted by Gasteiger charge is 2.29. The Kier molecular flexibility index (Phi) is 4.49. The van der Waals surface area contributed by atoms with Gasteiger partial charge in [0.1, 0.15) is 0 Å². The molecule has 116 valence electrons. The number of morpholine rings is 1. The predicted octanol–water partition coefficient (Wildman–Crippen LogP) is 2.06. The van der Waals surface area contributed by atoms with Gasteiger partial charge >= 0.3 is 0 Å². The van der Waals surface area contributed by atoms with Gasteiger partial charge in [-0.15, -0.1) is 0 Å². The summed E-state index contributed by atoms with van der Waals surface area (Å²) in [5.41, 5.74) is 2.22. The fourth-order valence-corrected chi connectivity index (χ4v) is 3.43. The summed E-state index contributed by atoms with van der Waals surface area (Å²) in [4.78, 5) is 20.8. The molecule has 1 amide bonds. The van der Waals surface area contributed by atoms with Crippen LogP contribution < -0.4 is 4.90 Å². The van der Waals surface area contributed by atoms with Crippen LogP contribution in [0.25, 0.3) is 6.08 Å². The smallest absolute Gasteiger partial charge is 0.266 e. The van der Waals surface area contributed by atoms with Crippen LogP contribution in [0.1, 0.15) is 5.56 Å². The lowest BCUT2D eigenvalue weighted by atomic mass is 10.1. The Bertz CT molecular complexity index is 619. The maximum Gasteiger partial charge on any atom is 0.266 e. The average molecular weight is 317 g/mol. The third kappa shape index (κ3) is 3.03. The van der Waals surface area contributed by atoms with E-state index in [1.807, 2.05) is 18.2 Å². The van der Waals surface area contributed by atoms with Crippen molar-refractivity contribution in [3.63, 3.8) is 0 Å². The first-order chi connectivity index (χ1) is 10.7. The molecule has 22 heavy (non-hydrogen) atoms. The molecule has 0 saturated carbocycles. The number of amidine groups is 1. The van der Waals surface area contributed by atoms with E-state index >= 15 is 0 Å². The van der Waals surface area contributed by atoms with E-state index < -0.39 is 0 Å². The molecule has 1 aromatic carbocycles. The highest BCUT2D eigenvalue weighted by Crippen LogP contribution is 2.31. The van der Waals surface area contributed by atoms with Crippen molar-refractivity contribution in [1.29, 1.82) is 0 Å². The van der Waals surface area contributed by atoms with Crippen LogP contribution >= 0.6 is 11.8 Å². The number of aliphatic imine (C=N–C) groups is 1. The van der Waals surface area contributed by atoms with E-state index in [1.165, 1.54) is 17.4 Å². The zero-order chi connectivity index (χ0) is 15.5. The van der Waals surface area contributed by atoms with Crippen LogP contribution in [0.3, 0.4) is 0 Å². The molecule has 0 bridgehead atoms. The second-order valence-corrected chi connectivity index (χ2v) is 6.18. The Morgan fingerprint density at radius 3 is 2.50 bits per heavy atom. The van der Waals surface area contributed by atoms with Crippen molar-refractivity contribution in [2.24, 2.45) is 4.99 Å². The SMILES string of the molecule is CN=C1S/C(=C/c2ccc(N3CCOCC3)cc2)C(=O)N1C. The summed E-state index contributed by atoms with van der Waals surface area (Å²) in [6, 6.07) is 8.29. The van der Waals surface area contributed by atoms with Gasteiger partial charge in [0.05, 0.1) is 18.1 Å². The summed E-state index contributed by atoms with van der Waals surface area (Å²) in [6.45, 7) is 3.41. The first kappa shape index (κ1) is 15.1. The number of ether oxygens (including phenoxy) is 1. The normalized spacial score (nSPS) is 22.9. The third-order valence-electron chi connectivity index (χ3n) is 3.76. The maximum atomic E-state index is 12.1. The molecule has 2 heterocycles. The van der Waals surface area contributed by atoms with Crippen molar-refractivity contribution >= 4 is 34.6 Å². The molecule has 0 spiro atoms. The second-order valence-electron chi connectivity index (χ2n) is 5.17. The fraction of sp³-hybridized carbons (Fsp3) is 0.375. The highest BCUT2D eigenvalue weighted by molar-refractivity contribution is 8.18. The van der Waals surface area contributed by atoms with Gasteiger partial charge in [0.15, 0.2) is 5.17 Å². The minimum Gasteiger partial charge on any atom is -0.378 e. The number of likely N-dealkylation sites (N-methyl/N-ethyl adjacent to an activating group) is 1. The molecule has 1 aromatic rings. The summed E-state index contributed by atoms with van der Waals surface area (Å²) >= 11 is 1.41. The number of carbonyl (C=O) groups excluding carboxylic acids is 1. The van der Waals surface area contributed by atoms with E-state index in [0.29, 0.717) is 4.91 Å². The number of nitrogens with zero attached hydrogens (tertiary/aromatic N) is 3. The largest absolute Gasteiger partial charge is 0.378 e. The van der Waals surface area contributed by atoms with Crippen molar-refractivity contribution < 1.29 is 9.53 Å². The van der Waals surface area contributed by atoms with Crippen LogP contribution in [-0.2, 0) is 9.53 Å². The predicted molar refractivity (Wildman–Crippen MR) is 91.2 cm³/mol. The Hall–Kier alpha value is -1.79. The molecule has 3 rings (SSSR count). The minimum absolute atomic E-state index is 0.00264. The molecule has 2 fully saturated rings. The van der Waals surface area contributed by atoms with Crippen LogP contribution in [0, 0.1) is 0 Å². The Morgan fingerprint density at radius 2 is 1.91 bits per heavy atom. The minimum atomic E-state index is 0.00264. The van der Waals surface area contributed by atoms with E-state index in [9.17, 15) is 4.79 Å². The molecule has 6 heteroatoms. The molecule has 0 radical (unpaired) electrons. The quantitative estimate of drug-likeness (QED) is 0.783. The molecule has 0 N–H and O–H groups in total. The van der Waals surface area contributed by atoms with Crippen LogP contribution in [0.2, 0.25) is 0 Å². The molecular weight excluding hydrogens is 298 g/mol. The van der Waals surface area contributed by atoms with Gasteiger partial charge in [-0.3, -0.25) is 14.7 Å². The fourth-order valence-electron chi connectivity index (χ4n) is 2.50. The van der Waals surface area contributed by atoms with Crippen LogP contribution in [0.15, 0.2) is 34.2 Å². The molecule has 2 aliphatic heterocycles. The number of hydrogen-bond donors (Lipinski definition) is 0. The monoisotopic (exact) mass is 317 g/mol. The van der Waals surface area contributed by atoms with Gasteiger partial charge in [0.25, 0.3) is 5.91 Å². The van der Waals surface area contributed by atoms with E-state index in [-0.39, 0.29) is 5.91 Å². The van der Waals surface area contributed by atoms with Gasteiger partial charge in [0, 0.05) is 32.9 Å². The van der Waals surface area contributed by atoms with Crippen molar-refractivity contribution in [2.75, 3.05) is 45.3 Å². The van der Waals surface area contributed by atoms with Gasteiger partial charge in [-0.05, 0) is 35.5 Å². The molecule has 0 aromatic heterocycles. The summed E-state index contributed by atoms with van der Waals surface area (Å²) in [5.74, 6) is 0.00264. The van der Waals surface area contributed by atoms with Gasteiger partial charge < -0.3 is 9.64 Å². The summed E-state index contributed by atoms with van der Waals surface area (Å²) in [6.07, 6.45) is 1.92. The van der Waals surface area contributed by atoms with Crippen LogP contribution in [0.5, 0.6) is 0 Å². The van der Waals surface area contributed by atoms with Gasteiger partial charge in [-0.1, -0.05) is 12.1 Å². The van der Waals surface area contributed by atoms with Gasteiger partial charge in [0.2, 0.25) is 0 Å². The molecule has 2 aliphatic rings. The van der Waals surface area contributed by atoms with Crippen molar-refractivity contribution in [2.45, 2.75) is 0 Å². The number of benzene rings is 1. The number of anilines is 1. The molecule has 0 atom stereocenters. The summed E-state index contributed by atoms with van der Waals surface area (Å²) in [7, 11) is 3.45. The van der Waals surface area contributed by atoms with E-state index in [4.69, 9.17) is 4.74 Å². The maximum absolute atomic E-state index is 12.1. The van der Waals surface area contributed by atoms with Crippen molar-refractivity contribution in [1.82, 2.24) is 4.90 Å². The zero-order valence-corrected chi connectivity index (χ0v) is 13.6. The van der Waals surface area contributed by atoms with E-state index in [1.54, 1.807) is 19.0 Å². The average Bonchev–Trinajstić information content (AvgIpc) is 2.84. The van der Waals surface area contributed by atoms with E-state index in [2.05, 4.69) is 22.0 Å². The van der Waals surface area contributed by atoms with Gasteiger partial charge in [-0.25, -0.2) is 0 Å². The number of hydrogen-bond acceptors (Lipinski definition) is 5. The Balaban J connectivity index is 1.76. The summed E-state index contributed by atoms with van der Waals surface area (Å²) < 4.78 is 5.37. The standard InChI is InChI=1S/C16H19N3O2S/c1-17-16-18(2)15(20)14(22-16)11-12-3-5-13(6-4-12)19-7-9-21-10-8-19/h3-6,11H,7-10H2,1-2H3/b14-11+,17-16?. The third-order valence-corrected chi connectivity index (χ3v) is 4.91. The number of rotatable bonds is 2. The van der Waals surface area contributed by atoms with Gasteiger partial charge in [-0.2, -0.15) is 0 Å². The van der Waals surface area contributed by atoms with Crippen LogP contribution in [0.4, 0.5) is 5.69 Å². The number of thioether (sulfide) groups is 1. The molecule has 2 saturated heterocycles. The van der Waals surface area contributed by atoms with Crippen LogP contribution in [-0.4, -0.2) is 56.4 Å². The van der Waals surface area contributed by atoms with Crippen molar-refractivity contribution in [3.8, 4) is 0 Å². The molecular formula is C16H19N3O2S. The lowest BCUT2D eigenvalue weighted by Gasteiger charge is -2.28. The van der Waals surface area contributed by atoms with E-state index in [0.717, 1.165) is 37.0 Å². The lowest BCUT2D eigenvalue weighted by Crippen LogP contribution is -2.36. The number of amides is 1. The summed E-state index contributed by atoms with van der Waals surface area (Å²) in [5, 5.41) is 0.737. The topological polar surface area (TPSA) is 45.1 Å². The first-order valence-electron chi connectivity index (χ1n) is 7.26. The Labute approximate surface area is 134 Å². The lowest BCUT2D eigenvalue weighted by molar-refractivity contribution is -0.121. The highest BCUT2D eigenvalue weighted by atomic mass is 32.2. The Morgan fingerprint density at radius 1 is 1.23 bits per heavy atom. The van der Waals surface area contributed by atoms with Crippen molar-refractivity contribution in [3.05, 3.63) is 34.7 Å². The first-order valence-corrected chi connectivity index (χ1v) is 8.08. The molecule has 0 unspecified atom stereocenters. The molecule has 0 aliphatic carbocycles. The number of carbonyl (C=O) groups is 1. The zero-order valence-electron chi connectivity index (χ0n) is 12.8. The second kappa shape index (κ2) is 6.54. The molecule has 5 nitrogen and oxygen atoms in total.